The van der Waals surface area contributed by atoms with Gasteiger partial charge in [-0.05, 0) is 34.1 Å². The van der Waals surface area contributed by atoms with Gasteiger partial charge >= 0.3 is 6.09 Å². The van der Waals surface area contributed by atoms with Crippen molar-refractivity contribution >= 4 is 35.8 Å². The third-order valence-corrected chi connectivity index (χ3v) is 6.18. The lowest BCUT2D eigenvalue weighted by atomic mass is 10.2. The van der Waals surface area contributed by atoms with E-state index in [0.29, 0.717) is 19.7 Å². The van der Waals surface area contributed by atoms with Crippen LogP contribution in [-0.4, -0.2) is 51.9 Å². The molecule has 1 fully saturated rings. The Kier molecular flexibility index (Phi) is 5.92. The van der Waals surface area contributed by atoms with E-state index in [1.54, 1.807) is 0 Å². The number of amides is 1. The van der Waals surface area contributed by atoms with E-state index in [1.807, 2.05) is 23.1 Å². The van der Waals surface area contributed by atoms with Crippen LogP contribution >= 0.6 is 15.9 Å². The summed E-state index contributed by atoms with van der Waals surface area (Å²) in [6, 6.07) is 9.23. The van der Waals surface area contributed by atoms with E-state index in [0.717, 1.165) is 23.6 Å². The number of carbonyl (C=O) groups is 1. The average Bonchev–Trinajstić information content (AvgIpc) is 2.46. The number of rotatable bonds is 4. The molecule has 22 heavy (non-hydrogen) atoms. The number of piperazine rings is 1. The van der Waals surface area contributed by atoms with Crippen molar-refractivity contribution in [3.63, 3.8) is 0 Å². The van der Waals surface area contributed by atoms with Gasteiger partial charge in [-0.3, -0.25) is 0 Å². The van der Waals surface area contributed by atoms with Gasteiger partial charge in [0, 0.05) is 38.7 Å². The molecule has 0 aliphatic carbocycles. The monoisotopic (exact) mass is 384 g/mol. The molecule has 1 aromatic carbocycles. The fourth-order valence-electron chi connectivity index (χ4n) is 2.37. The van der Waals surface area contributed by atoms with Gasteiger partial charge in [0.25, 0.3) is 0 Å². The van der Waals surface area contributed by atoms with Crippen LogP contribution in [0.15, 0.2) is 28.7 Å². The zero-order chi connectivity index (χ0) is 16.2. The van der Waals surface area contributed by atoms with Gasteiger partial charge in [0.15, 0.2) is 0 Å². The summed E-state index contributed by atoms with van der Waals surface area (Å²) in [5.74, 6) is 0. The molecule has 0 aromatic heterocycles. The van der Waals surface area contributed by atoms with E-state index >= 15 is 0 Å². The Labute approximate surface area is 142 Å². The van der Waals surface area contributed by atoms with Crippen LogP contribution < -0.4 is 4.90 Å². The van der Waals surface area contributed by atoms with Crippen molar-refractivity contribution < 1.29 is 9.53 Å². The number of ether oxygens (including phenoxy) is 1. The molecule has 0 atom stereocenters. The molecule has 1 amide bonds. The molecule has 2 rings (SSSR count). The highest BCUT2D eigenvalue weighted by molar-refractivity contribution is 9.10. The van der Waals surface area contributed by atoms with Gasteiger partial charge in [-0.25, -0.2) is 4.79 Å². The fourth-order valence-corrected chi connectivity index (χ4v) is 3.62. The molecule has 1 aliphatic rings. The molecule has 1 aliphatic heterocycles. The minimum Gasteiger partial charge on any atom is -0.450 e. The maximum atomic E-state index is 12.1. The number of hydrogen-bond acceptors (Lipinski definition) is 3. The molecule has 0 unspecified atom stereocenters. The van der Waals surface area contributed by atoms with Crippen LogP contribution in [-0.2, 0) is 4.74 Å². The first-order valence-electron chi connectivity index (χ1n) is 7.78. The highest BCUT2D eigenvalue weighted by atomic mass is 79.9. The number of para-hydroxylation sites is 1. The van der Waals surface area contributed by atoms with E-state index < -0.39 is 8.07 Å². The molecule has 0 spiro atoms. The fraction of sp³-hybridized carbons (Fsp3) is 0.562. The second-order valence-corrected chi connectivity index (χ2v) is 13.3. The van der Waals surface area contributed by atoms with Crippen LogP contribution in [0.25, 0.3) is 0 Å². The summed E-state index contributed by atoms with van der Waals surface area (Å²) in [5.41, 5.74) is 1.19. The topological polar surface area (TPSA) is 32.8 Å². The SMILES string of the molecule is C[Si](C)(C)CCOC(=O)N1CCN(c2ccccc2Br)CC1. The third kappa shape index (κ3) is 5.02. The quantitative estimate of drug-likeness (QED) is 0.734. The van der Waals surface area contributed by atoms with Gasteiger partial charge in [0.1, 0.15) is 0 Å². The lowest BCUT2D eigenvalue weighted by molar-refractivity contribution is 0.105. The molecule has 1 aromatic rings. The largest absolute Gasteiger partial charge is 0.450 e. The maximum Gasteiger partial charge on any atom is 0.409 e. The van der Waals surface area contributed by atoms with Crippen molar-refractivity contribution in [3.8, 4) is 0 Å². The van der Waals surface area contributed by atoms with Crippen LogP contribution in [0, 0.1) is 0 Å². The van der Waals surface area contributed by atoms with Gasteiger partial charge in [0.2, 0.25) is 0 Å². The molecule has 4 nitrogen and oxygen atoms in total. The molecule has 0 radical (unpaired) electrons. The Morgan fingerprint density at radius 1 is 1.18 bits per heavy atom. The third-order valence-electron chi connectivity index (χ3n) is 3.81. The zero-order valence-corrected chi connectivity index (χ0v) is 16.2. The smallest absolute Gasteiger partial charge is 0.409 e. The van der Waals surface area contributed by atoms with Crippen molar-refractivity contribution in [2.75, 3.05) is 37.7 Å². The molecular weight excluding hydrogens is 360 g/mol. The van der Waals surface area contributed by atoms with Crippen molar-refractivity contribution in [1.29, 1.82) is 0 Å². The summed E-state index contributed by atoms with van der Waals surface area (Å²) in [7, 11) is -1.14. The second-order valence-electron chi connectivity index (χ2n) is 6.85. The summed E-state index contributed by atoms with van der Waals surface area (Å²) < 4.78 is 6.51. The molecule has 0 saturated carbocycles. The summed E-state index contributed by atoms with van der Waals surface area (Å²) >= 11 is 3.59. The van der Waals surface area contributed by atoms with Crippen LogP contribution in [0.2, 0.25) is 25.7 Å². The number of nitrogens with zero attached hydrogens (tertiary/aromatic N) is 2. The average molecular weight is 385 g/mol. The summed E-state index contributed by atoms with van der Waals surface area (Å²) in [5, 5.41) is 0. The van der Waals surface area contributed by atoms with E-state index in [1.165, 1.54) is 5.69 Å². The minimum absolute atomic E-state index is 0.162. The van der Waals surface area contributed by atoms with E-state index in [2.05, 4.69) is 46.5 Å². The Bertz CT molecular complexity index is 511. The van der Waals surface area contributed by atoms with Gasteiger partial charge < -0.3 is 14.5 Å². The highest BCUT2D eigenvalue weighted by Gasteiger charge is 2.23. The van der Waals surface area contributed by atoms with Crippen molar-refractivity contribution in [3.05, 3.63) is 28.7 Å². The number of halogens is 1. The Hall–Kier alpha value is -1.01. The number of anilines is 1. The van der Waals surface area contributed by atoms with Crippen molar-refractivity contribution in [2.24, 2.45) is 0 Å². The lowest BCUT2D eigenvalue weighted by Gasteiger charge is -2.36. The van der Waals surface area contributed by atoms with E-state index in [9.17, 15) is 4.79 Å². The normalized spacial score (nSPS) is 15.8. The van der Waals surface area contributed by atoms with Crippen LogP contribution in [0.1, 0.15) is 0 Å². The molecule has 122 valence electrons. The van der Waals surface area contributed by atoms with Gasteiger partial charge in [0.05, 0.1) is 12.3 Å². The molecule has 1 heterocycles. The molecule has 0 bridgehead atoms. The summed E-state index contributed by atoms with van der Waals surface area (Å²) in [6.07, 6.45) is -0.162. The second kappa shape index (κ2) is 7.50. The highest BCUT2D eigenvalue weighted by Crippen LogP contribution is 2.26. The van der Waals surface area contributed by atoms with Crippen molar-refractivity contribution in [1.82, 2.24) is 4.90 Å². The van der Waals surface area contributed by atoms with Crippen LogP contribution in [0.3, 0.4) is 0 Å². The molecule has 6 heteroatoms. The van der Waals surface area contributed by atoms with E-state index in [-0.39, 0.29) is 6.09 Å². The minimum atomic E-state index is -1.14. The van der Waals surface area contributed by atoms with E-state index in [4.69, 9.17) is 4.74 Å². The zero-order valence-electron chi connectivity index (χ0n) is 13.6. The molecule has 0 N–H and O–H groups in total. The summed E-state index contributed by atoms with van der Waals surface area (Å²) in [6.45, 7) is 10.5. The Balaban J connectivity index is 1.79. The number of benzene rings is 1. The number of hydrogen-bond donors (Lipinski definition) is 0. The standard InChI is InChI=1S/C16H25BrN2O2Si/c1-22(2,3)13-12-21-16(20)19-10-8-18(9-11-19)15-7-5-4-6-14(15)17/h4-7H,8-13H2,1-3H3. The first-order valence-corrected chi connectivity index (χ1v) is 12.3. The van der Waals surface area contributed by atoms with Crippen LogP contribution in [0.5, 0.6) is 0 Å². The molecular formula is C16H25BrN2O2Si. The molecule has 1 saturated heterocycles. The lowest BCUT2D eigenvalue weighted by Crippen LogP contribution is -2.49. The first-order chi connectivity index (χ1) is 10.4. The first kappa shape index (κ1) is 17.3. The van der Waals surface area contributed by atoms with Crippen LogP contribution in [0.4, 0.5) is 10.5 Å². The number of carbonyl (C=O) groups excluding carboxylic acids is 1. The summed E-state index contributed by atoms with van der Waals surface area (Å²) in [4.78, 5) is 16.2. The predicted molar refractivity (Wildman–Crippen MR) is 97.4 cm³/mol. The van der Waals surface area contributed by atoms with Gasteiger partial charge in [-0.1, -0.05) is 31.8 Å². The predicted octanol–water partition coefficient (Wildman–Crippen LogP) is 4.05. The Morgan fingerprint density at radius 2 is 1.82 bits per heavy atom. The van der Waals surface area contributed by atoms with Gasteiger partial charge in [-0.2, -0.15) is 0 Å². The van der Waals surface area contributed by atoms with Gasteiger partial charge in [-0.15, -0.1) is 0 Å². The van der Waals surface area contributed by atoms with Crippen molar-refractivity contribution in [2.45, 2.75) is 25.7 Å². The maximum absolute atomic E-state index is 12.1. The Morgan fingerprint density at radius 3 is 2.41 bits per heavy atom.